The van der Waals surface area contributed by atoms with E-state index in [-0.39, 0.29) is 16.9 Å². The zero-order valence-electron chi connectivity index (χ0n) is 18.4. The van der Waals surface area contributed by atoms with Gasteiger partial charge in [-0.1, -0.05) is 23.7 Å². The van der Waals surface area contributed by atoms with Crippen LogP contribution in [0.3, 0.4) is 0 Å². The Bertz CT molecular complexity index is 1310. The number of benzene rings is 1. The van der Waals surface area contributed by atoms with Crippen molar-refractivity contribution in [2.45, 2.75) is 49.5 Å². The van der Waals surface area contributed by atoms with Gasteiger partial charge in [0.2, 0.25) is 10.0 Å². The molecule has 1 aliphatic carbocycles. The van der Waals surface area contributed by atoms with Crippen LogP contribution in [0.2, 0.25) is 5.02 Å². The van der Waals surface area contributed by atoms with Crippen molar-refractivity contribution >= 4 is 38.8 Å². The molecule has 0 unspecified atom stereocenters. The number of carboxylic acid groups (broad SMARTS) is 1. The van der Waals surface area contributed by atoms with Gasteiger partial charge in [-0.3, -0.25) is 4.79 Å². The van der Waals surface area contributed by atoms with Gasteiger partial charge in [0, 0.05) is 18.7 Å². The molecule has 0 radical (unpaired) electrons. The van der Waals surface area contributed by atoms with E-state index >= 15 is 0 Å². The SMILES string of the molecule is O=C(O)C1CCC(Oc2nc3nc(-c4ccc(S(=O)(=O)N5CCCC5)cc4)c(Cl)cc3[nH]2)CC1. The molecule has 1 saturated heterocycles. The molecule has 1 aromatic carbocycles. The number of rotatable bonds is 6. The summed E-state index contributed by atoms with van der Waals surface area (Å²) in [6.07, 6.45) is 4.14. The van der Waals surface area contributed by atoms with E-state index in [1.807, 2.05) is 0 Å². The maximum Gasteiger partial charge on any atom is 0.306 e. The van der Waals surface area contributed by atoms with E-state index in [1.165, 1.54) is 4.31 Å². The first-order valence-corrected chi connectivity index (χ1v) is 13.2. The Morgan fingerprint density at radius 3 is 2.41 bits per heavy atom. The number of aromatic amines is 1. The quantitative estimate of drug-likeness (QED) is 0.517. The largest absolute Gasteiger partial charge is 0.481 e. The van der Waals surface area contributed by atoms with Gasteiger partial charge in [0.15, 0.2) is 5.65 Å². The van der Waals surface area contributed by atoms with Crippen molar-refractivity contribution < 1.29 is 23.1 Å². The molecule has 2 aliphatic rings. The van der Waals surface area contributed by atoms with Crippen LogP contribution in [-0.4, -0.2) is 57.9 Å². The number of sulfonamides is 1. The molecule has 0 spiro atoms. The van der Waals surface area contributed by atoms with Gasteiger partial charge >= 0.3 is 5.97 Å². The number of halogens is 1. The minimum Gasteiger partial charge on any atom is -0.481 e. The number of ether oxygens (including phenoxy) is 1. The molecule has 5 rings (SSSR count). The Morgan fingerprint density at radius 2 is 1.76 bits per heavy atom. The number of aliphatic carboxylic acids is 1. The summed E-state index contributed by atoms with van der Waals surface area (Å²) in [6, 6.07) is 8.61. The first-order valence-electron chi connectivity index (χ1n) is 11.4. The van der Waals surface area contributed by atoms with Gasteiger partial charge in [0.1, 0.15) is 6.10 Å². The molecule has 1 aliphatic heterocycles. The molecule has 2 aromatic heterocycles. The fraction of sp³-hybridized carbons (Fsp3) is 0.435. The van der Waals surface area contributed by atoms with Gasteiger partial charge in [0.25, 0.3) is 6.01 Å². The van der Waals surface area contributed by atoms with E-state index in [0.29, 0.717) is 72.2 Å². The number of aromatic nitrogens is 3. The number of imidazole rings is 1. The summed E-state index contributed by atoms with van der Waals surface area (Å²) in [7, 11) is -3.49. The van der Waals surface area contributed by atoms with Crippen LogP contribution < -0.4 is 4.74 Å². The molecule has 3 aromatic rings. The predicted octanol–water partition coefficient (Wildman–Crippen LogP) is 4.09. The Morgan fingerprint density at radius 1 is 1.09 bits per heavy atom. The second kappa shape index (κ2) is 9.16. The minimum atomic E-state index is -3.49. The molecule has 1 saturated carbocycles. The van der Waals surface area contributed by atoms with Crippen LogP contribution in [0.25, 0.3) is 22.4 Å². The van der Waals surface area contributed by atoms with Crippen LogP contribution >= 0.6 is 11.6 Å². The van der Waals surface area contributed by atoms with E-state index in [1.54, 1.807) is 30.3 Å². The van der Waals surface area contributed by atoms with Crippen LogP contribution in [0.5, 0.6) is 6.01 Å². The maximum absolute atomic E-state index is 12.8. The number of nitrogens with one attached hydrogen (secondary N) is 1. The van der Waals surface area contributed by atoms with Crippen molar-refractivity contribution in [1.29, 1.82) is 0 Å². The van der Waals surface area contributed by atoms with Crippen LogP contribution in [0, 0.1) is 5.92 Å². The lowest BCUT2D eigenvalue weighted by molar-refractivity contribution is -0.143. The number of nitrogens with zero attached hydrogens (tertiary/aromatic N) is 3. The summed E-state index contributed by atoms with van der Waals surface area (Å²) in [6.45, 7) is 1.11. The van der Waals surface area contributed by atoms with Crippen molar-refractivity contribution in [3.63, 3.8) is 0 Å². The maximum atomic E-state index is 12.8. The van der Waals surface area contributed by atoms with Gasteiger partial charge in [-0.15, -0.1) is 0 Å². The molecule has 0 atom stereocenters. The standard InChI is InChI=1S/C23H25ClN4O5S/c24-18-13-19-21(27-23(25-19)33-16-7-3-15(4-8-16)22(29)30)26-20(18)14-5-9-17(10-6-14)34(31,32)28-11-1-2-12-28/h5-6,9-10,13,15-16H,1-4,7-8,11-12H2,(H,29,30)(H,25,26,27). The summed E-state index contributed by atoms with van der Waals surface area (Å²) >= 11 is 6.48. The first kappa shape index (κ1) is 23.1. The molecule has 2 N–H and O–H groups in total. The summed E-state index contributed by atoms with van der Waals surface area (Å²) in [5, 5.41) is 9.55. The van der Waals surface area contributed by atoms with Gasteiger partial charge in [-0.05, 0) is 56.7 Å². The van der Waals surface area contributed by atoms with Gasteiger partial charge in [-0.25, -0.2) is 13.4 Å². The minimum absolute atomic E-state index is 0.101. The highest BCUT2D eigenvalue weighted by Gasteiger charge is 2.28. The molecule has 0 bridgehead atoms. The molecule has 3 heterocycles. The molecule has 2 fully saturated rings. The number of pyridine rings is 1. The van der Waals surface area contributed by atoms with E-state index in [2.05, 4.69) is 15.0 Å². The number of hydrogen-bond acceptors (Lipinski definition) is 6. The second-order valence-electron chi connectivity index (χ2n) is 8.80. The van der Waals surface area contributed by atoms with Crippen LogP contribution in [0.1, 0.15) is 38.5 Å². The molecule has 9 nitrogen and oxygen atoms in total. The molecule has 180 valence electrons. The van der Waals surface area contributed by atoms with Crippen molar-refractivity contribution in [2.24, 2.45) is 5.92 Å². The number of fused-ring (bicyclic) bond motifs is 1. The number of carboxylic acids is 1. The van der Waals surface area contributed by atoms with Crippen molar-refractivity contribution in [3.05, 3.63) is 35.4 Å². The smallest absolute Gasteiger partial charge is 0.306 e. The Labute approximate surface area is 202 Å². The highest BCUT2D eigenvalue weighted by Crippen LogP contribution is 2.32. The van der Waals surface area contributed by atoms with Gasteiger partial charge in [-0.2, -0.15) is 9.29 Å². The monoisotopic (exact) mass is 504 g/mol. The summed E-state index contributed by atoms with van der Waals surface area (Å²) < 4.78 is 33.0. The number of hydrogen-bond donors (Lipinski definition) is 2. The van der Waals surface area contributed by atoms with Crippen molar-refractivity contribution in [1.82, 2.24) is 19.3 Å². The highest BCUT2D eigenvalue weighted by molar-refractivity contribution is 7.89. The second-order valence-corrected chi connectivity index (χ2v) is 11.1. The highest BCUT2D eigenvalue weighted by atomic mass is 35.5. The lowest BCUT2D eigenvalue weighted by Crippen LogP contribution is -2.28. The Kier molecular flexibility index (Phi) is 6.22. The lowest BCUT2D eigenvalue weighted by Gasteiger charge is -2.25. The van der Waals surface area contributed by atoms with Gasteiger partial charge in [0.05, 0.1) is 27.0 Å². The van der Waals surface area contributed by atoms with Gasteiger partial charge < -0.3 is 14.8 Å². The third-order valence-electron chi connectivity index (χ3n) is 6.54. The van der Waals surface area contributed by atoms with Crippen molar-refractivity contribution in [3.8, 4) is 17.3 Å². The number of carbonyl (C=O) groups is 1. The topological polar surface area (TPSA) is 125 Å². The molecular weight excluding hydrogens is 480 g/mol. The predicted molar refractivity (Wildman–Crippen MR) is 126 cm³/mol. The van der Waals surface area contributed by atoms with E-state index in [0.717, 1.165) is 12.8 Å². The Balaban J connectivity index is 1.34. The third kappa shape index (κ3) is 4.49. The van der Waals surface area contributed by atoms with Crippen molar-refractivity contribution in [2.75, 3.05) is 13.1 Å². The Hall–Kier alpha value is -2.69. The molecule has 0 amide bonds. The zero-order valence-corrected chi connectivity index (χ0v) is 20.0. The average molecular weight is 505 g/mol. The van der Waals surface area contributed by atoms with Crippen LogP contribution in [0.4, 0.5) is 0 Å². The normalized spacial score (nSPS) is 21.7. The van der Waals surface area contributed by atoms with Crippen LogP contribution in [0.15, 0.2) is 35.2 Å². The lowest BCUT2D eigenvalue weighted by atomic mass is 9.87. The third-order valence-corrected chi connectivity index (χ3v) is 8.74. The summed E-state index contributed by atoms with van der Waals surface area (Å²) in [5.74, 6) is -1.06. The molecule has 11 heteroatoms. The molecular formula is C23H25ClN4O5S. The van der Waals surface area contributed by atoms with E-state index in [4.69, 9.17) is 21.4 Å². The summed E-state index contributed by atoms with van der Waals surface area (Å²) in [4.78, 5) is 23.5. The average Bonchev–Trinajstić information content (AvgIpc) is 3.49. The summed E-state index contributed by atoms with van der Waals surface area (Å²) in [5.41, 5.74) is 2.24. The van der Waals surface area contributed by atoms with Crippen LogP contribution in [-0.2, 0) is 14.8 Å². The molecule has 34 heavy (non-hydrogen) atoms. The van der Waals surface area contributed by atoms with E-state index < -0.39 is 16.0 Å². The van der Waals surface area contributed by atoms with E-state index in [9.17, 15) is 13.2 Å². The fourth-order valence-electron chi connectivity index (χ4n) is 4.60. The fourth-order valence-corrected chi connectivity index (χ4v) is 6.38. The number of H-pyrrole nitrogens is 1. The zero-order chi connectivity index (χ0) is 23.9. The first-order chi connectivity index (χ1) is 16.3.